The molecule has 1 aromatic rings. The third kappa shape index (κ3) is 4.69. The van der Waals surface area contributed by atoms with Crippen LogP contribution in [-0.2, 0) is 9.59 Å². The van der Waals surface area contributed by atoms with Crippen LogP contribution in [0, 0.1) is 21.8 Å². The van der Waals surface area contributed by atoms with Gasteiger partial charge in [0.1, 0.15) is 5.75 Å². The van der Waals surface area contributed by atoms with Crippen molar-refractivity contribution in [1.82, 2.24) is 4.90 Å². The van der Waals surface area contributed by atoms with Crippen LogP contribution in [0.25, 0.3) is 0 Å². The average Bonchev–Trinajstić information content (AvgIpc) is 2.43. The summed E-state index contributed by atoms with van der Waals surface area (Å²) in [7, 11) is 1.42. The number of nitrogens with zero attached hydrogens (tertiary/aromatic N) is 2. The minimum atomic E-state index is -1.07. The largest absolute Gasteiger partial charge is 0.484 e. The minimum Gasteiger partial charge on any atom is -0.484 e. The number of carbonyl (C=O) groups excluding carboxylic acids is 1. The predicted octanol–water partition coefficient (Wildman–Crippen LogP) is 1.29. The molecule has 1 unspecified atom stereocenters. The van der Waals surface area contributed by atoms with Gasteiger partial charge in [0, 0.05) is 25.7 Å². The van der Waals surface area contributed by atoms with Gasteiger partial charge in [-0.05, 0) is 6.07 Å². The first-order valence-electron chi connectivity index (χ1n) is 6.26. The van der Waals surface area contributed by atoms with Crippen molar-refractivity contribution in [2.24, 2.45) is 5.92 Å². The summed E-state index contributed by atoms with van der Waals surface area (Å²) in [5.74, 6) is -3.35. The predicted molar refractivity (Wildman–Crippen MR) is 73.0 cm³/mol. The van der Waals surface area contributed by atoms with Crippen LogP contribution in [-0.4, -0.2) is 47.0 Å². The molecule has 1 rings (SSSR count). The molecular weight excluding hydrogens is 299 g/mol. The Labute approximate surface area is 125 Å². The maximum absolute atomic E-state index is 13.4. The summed E-state index contributed by atoms with van der Waals surface area (Å²) in [6.07, 6.45) is 0. The van der Waals surface area contributed by atoms with Crippen molar-refractivity contribution >= 4 is 17.6 Å². The van der Waals surface area contributed by atoms with E-state index < -0.39 is 40.8 Å². The second-order valence-corrected chi connectivity index (χ2v) is 4.67. The number of carbonyl (C=O) groups is 2. The molecule has 9 heteroatoms. The van der Waals surface area contributed by atoms with Crippen LogP contribution in [0.1, 0.15) is 6.92 Å². The lowest BCUT2D eigenvalue weighted by molar-refractivity contribution is -0.387. The van der Waals surface area contributed by atoms with Gasteiger partial charge in [0.2, 0.25) is 5.82 Å². The molecule has 0 saturated carbocycles. The Hall–Kier alpha value is -2.71. The molecule has 0 saturated heterocycles. The second-order valence-electron chi connectivity index (χ2n) is 4.67. The summed E-state index contributed by atoms with van der Waals surface area (Å²) in [6.45, 7) is 1.03. The van der Waals surface area contributed by atoms with Crippen molar-refractivity contribution in [1.29, 1.82) is 0 Å². The van der Waals surface area contributed by atoms with Crippen LogP contribution >= 0.6 is 0 Å². The highest BCUT2D eigenvalue weighted by Crippen LogP contribution is 2.22. The maximum Gasteiger partial charge on any atom is 0.308 e. The summed E-state index contributed by atoms with van der Waals surface area (Å²) in [6, 6.07) is 2.92. The quantitative estimate of drug-likeness (QED) is 0.600. The second kappa shape index (κ2) is 7.34. The Balaban J connectivity index is 2.59. The first-order valence-corrected chi connectivity index (χ1v) is 6.26. The van der Waals surface area contributed by atoms with E-state index in [4.69, 9.17) is 9.84 Å². The molecule has 0 spiro atoms. The van der Waals surface area contributed by atoms with Crippen molar-refractivity contribution in [2.45, 2.75) is 6.92 Å². The first kappa shape index (κ1) is 17.3. The molecule has 120 valence electrons. The van der Waals surface area contributed by atoms with Crippen LogP contribution < -0.4 is 4.74 Å². The molecule has 0 bridgehead atoms. The zero-order valence-corrected chi connectivity index (χ0v) is 12.0. The van der Waals surface area contributed by atoms with E-state index in [0.29, 0.717) is 0 Å². The van der Waals surface area contributed by atoms with Gasteiger partial charge in [-0.1, -0.05) is 6.92 Å². The van der Waals surface area contributed by atoms with Crippen molar-refractivity contribution < 1.29 is 28.7 Å². The van der Waals surface area contributed by atoms with Crippen LogP contribution in [0.2, 0.25) is 0 Å². The third-order valence-electron chi connectivity index (χ3n) is 2.87. The number of likely N-dealkylation sites (N-methyl/N-ethyl adjacent to an activating group) is 1. The molecule has 1 atom stereocenters. The Morgan fingerprint density at radius 3 is 2.64 bits per heavy atom. The third-order valence-corrected chi connectivity index (χ3v) is 2.87. The van der Waals surface area contributed by atoms with E-state index in [0.717, 1.165) is 12.1 Å². The lowest BCUT2D eigenvalue weighted by Crippen LogP contribution is -2.36. The number of amides is 1. The zero-order chi connectivity index (χ0) is 16.9. The Bertz CT molecular complexity index is 592. The van der Waals surface area contributed by atoms with Gasteiger partial charge in [-0.2, -0.15) is 4.39 Å². The molecule has 1 aromatic carbocycles. The van der Waals surface area contributed by atoms with Crippen LogP contribution in [0.5, 0.6) is 5.75 Å². The summed E-state index contributed by atoms with van der Waals surface area (Å²) in [4.78, 5) is 33.2. The van der Waals surface area contributed by atoms with Gasteiger partial charge in [-0.15, -0.1) is 0 Å². The number of carboxylic acids is 1. The zero-order valence-electron chi connectivity index (χ0n) is 12.0. The summed E-state index contributed by atoms with van der Waals surface area (Å²) >= 11 is 0. The molecular formula is C13H15FN2O6. The number of benzene rings is 1. The monoisotopic (exact) mass is 314 g/mol. The lowest BCUT2D eigenvalue weighted by Gasteiger charge is -2.19. The fraction of sp³-hybridized carbons (Fsp3) is 0.385. The van der Waals surface area contributed by atoms with Crippen LogP contribution in [0.4, 0.5) is 10.1 Å². The smallest absolute Gasteiger partial charge is 0.308 e. The van der Waals surface area contributed by atoms with Gasteiger partial charge < -0.3 is 14.7 Å². The molecule has 0 aliphatic carbocycles. The Morgan fingerprint density at radius 1 is 1.50 bits per heavy atom. The number of rotatable bonds is 7. The van der Waals surface area contributed by atoms with E-state index in [1.807, 2.05) is 0 Å². The summed E-state index contributed by atoms with van der Waals surface area (Å²) in [5, 5.41) is 19.2. The van der Waals surface area contributed by atoms with E-state index in [-0.39, 0.29) is 12.3 Å². The van der Waals surface area contributed by atoms with Crippen molar-refractivity contribution in [3.8, 4) is 5.75 Å². The SMILES string of the molecule is CC(CN(C)C(=O)COc1ccc([N+](=O)[O-])c(F)c1)C(=O)O. The number of nitro benzene ring substituents is 1. The van der Waals surface area contributed by atoms with Gasteiger partial charge in [0.25, 0.3) is 5.91 Å². The fourth-order valence-electron chi connectivity index (χ4n) is 1.57. The summed E-state index contributed by atoms with van der Waals surface area (Å²) < 4.78 is 18.4. The number of nitro groups is 1. The van der Waals surface area contributed by atoms with E-state index in [1.54, 1.807) is 0 Å². The van der Waals surface area contributed by atoms with E-state index in [1.165, 1.54) is 24.9 Å². The molecule has 22 heavy (non-hydrogen) atoms. The van der Waals surface area contributed by atoms with Crippen LogP contribution in [0.3, 0.4) is 0 Å². The molecule has 0 aromatic heterocycles. The van der Waals surface area contributed by atoms with Gasteiger partial charge in [-0.3, -0.25) is 19.7 Å². The number of aliphatic carboxylic acids is 1. The van der Waals surface area contributed by atoms with Gasteiger partial charge >= 0.3 is 11.7 Å². The van der Waals surface area contributed by atoms with Gasteiger partial charge in [0.15, 0.2) is 6.61 Å². The highest BCUT2D eigenvalue weighted by atomic mass is 19.1. The summed E-state index contributed by atoms with van der Waals surface area (Å²) in [5.41, 5.74) is -0.689. The Morgan fingerprint density at radius 2 is 2.14 bits per heavy atom. The molecule has 1 N–H and O–H groups in total. The number of halogens is 1. The van der Waals surface area contributed by atoms with Crippen molar-refractivity contribution in [3.05, 3.63) is 34.1 Å². The molecule has 1 amide bonds. The molecule has 0 fully saturated rings. The van der Waals surface area contributed by atoms with Crippen LogP contribution in [0.15, 0.2) is 18.2 Å². The molecule has 8 nitrogen and oxygen atoms in total. The van der Waals surface area contributed by atoms with Gasteiger partial charge in [0.05, 0.1) is 10.8 Å². The average molecular weight is 314 g/mol. The number of ether oxygens (including phenoxy) is 1. The normalized spacial score (nSPS) is 11.6. The van der Waals surface area contributed by atoms with Crippen molar-refractivity contribution in [2.75, 3.05) is 20.2 Å². The standard InChI is InChI=1S/C13H15FN2O6/c1-8(13(18)19)6-15(2)12(17)7-22-9-3-4-11(16(20)21)10(14)5-9/h3-5,8H,6-7H2,1-2H3,(H,18,19). The Kier molecular flexibility index (Phi) is 5.79. The van der Waals surface area contributed by atoms with Gasteiger partial charge in [-0.25, -0.2) is 0 Å². The fourth-order valence-corrected chi connectivity index (χ4v) is 1.57. The molecule has 0 aliphatic heterocycles. The van der Waals surface area contributed by atoms with E-state index in [9.17, 15) is 24.1 Å². The molecule has 0 aliphatic rings. The minimum absolute atomic E-state index is 0.00610. The molecule has 0 heterocycles. The highest BCUT2D eigenvalue weighted by molar-refractivity contribution is 5.78. The maximum atomic E-state index is 13.4. The lowest BCUT2D eigenvalue weighted by atomic mass is 10.2. The van der Waals surface area contributed by atoms with Crippen molar-refractivity contribution in [3.63, 3.8) is 0 Å². The van der Waals surface area contributed by atoms with E-state index in [2.05, 4.69) is 0 Å². The topological polar surface area (TPSA) is 110 Å². The van der Waals surface area contributed by atoms with E-state index >= 15 is 0 Å². The molecule has 0 radical (unpaired) electrons. The first-order chi connectivity index (χ1) is 10.2. The number of carboxylic acid groups (broad SMARTS) is 1. The number of hydrogen-bond donors (Lipinski definition) is 1. The highest BCUT2D eigenvalue weighted by Gasteiger charge is 2.18. The number of hydrogen-bond acceptors (Lipinski definition) is 5.